The summed E-state index contributed by atoms with van der Waals surface area (Å²) in [4.78, 5) is 6.57. The van der Waals surface area contributed by atoms with Crippen molar-refractivity contribution >= 4 is 38.9 Å². The van der Waals surface area contributed by atoms with Crippen molar-refractivity contribution in [2.75, 3.05) is 4.90 Å². The van der Waals surface area contributed by atoms with Gasteiger partial charge in [0.1, 0.15) is 34.9 Å². The maximum atomic E-state index is 14.7. The Morgan fingerprint density at radius 1 is 0.895 bits per heavy atom. The lowest BCUT2D eigenvalue weighted by Crippen LogP contribution is -2.29. The van der Waals surface area contributed by atoms with Crippen molar-refractivity contribution < 1.29 is 13.5 Å². The number of nitrogens with zero attached hydrogens (tertiary/aromatic N) is 2. The minimum atomic E-state index is -0.368. The molecular weight excluding hydrogens is 565 g/mol. The Morgan fingerprint density at radius 2 is 1.66 bits per heavy atom. The minimum absolute atomic E-state index is 0.280. The maximum Gasteiger partial charge on any atom is 0.174 e. The lowest BCUT2D eigenvalue weighted by Gasteiger charge is -2.26. The molecule has 0 saturated carbocycles. The molecule has 5 aromatic rings. The number of anilines is 1. The first kappa shape index (κ1) is 24.3. The monoisotopic (exact) mass is 585 g/mol. The van der Waals surface area contributed by atoms with E-state index in [-0.39, 0.29) is 17.9 Å². The van der Waals surface area contributed by atoms with Crippen LogP contribution in [0.2, 0.25) is 0 Å². The standard InChI is InChI=1S/C30H21BrFN3O2S/c31-19-9-14-23(24(32)18-19)26-15-16-27(37-26)29-28(25-8-4-5-17-33-25)34-30(38)35(29)20-10-12-22(13-11-20)36-21-6-2-1-3-7-21/h1-18,28-29H,(H,34,38)/t28-,29+/m0/s1. The predicted molar refractivity (Wildman–Crippen MR) is 153 cm³/mol. The molecular formula is C30H21BrFN3O2S. The fourth-order valence-corrected chi connectivity index (χ4v) is 5.25. The number of ether oxygens (including phenoxy) is 1. The van der Waals surface area contributed by atoms with E-state index in [1.54, 1.807) is 24.4 Å². The first-order valence-corrected chi connectivity index (χ1v) is 13.2. The largest absolute Gasteiger partial charge is 0.459 e. The number of hydrogen-bond donors (Lipinski definition) is 1. The van der Waals surface area contributed by atoms with E-state index >= 15 is 0 Å². The van der Waals surface area contributed by atoms with E-state index < -0.39 is 0 Å². The van der Waals surface area contributed by atoms with Crippen molar-refractivity contribution in [2.24, 2.45) is 0 Å². The zero-order chi connectivity index (χ0) is 26.1. The van der Waals surface area contributed by atoms with Gasteiger partial charge in [0.25, 0.3) is 0 Å². The van der Waals surface area contributed by atoms with Crippen LogP contribution >= 0.6 is 28.1 Å². The van der Waals surface area contributed by atoms with Gasteiger partial charge in [0.15, 0.2) is 5.11 Å². The SMILES string of the molecule is Fc1cc(Br)ccc1-c1ccc([C@@H]2[C@H](c3ccccn3)NC(=S)N2c2ccc(Oc3ccccc3)cc2)o1. The molecule has 0 unspecified atom stereocenters. The van der Waals surface area contributed by atoms with Crippen LogP contribution in [0, 0.1) is 5.82 Å². The first-order chi connectivity index (χ1) is 18.6. The van der Waals surface area contributed by atoms with Gasteiger partial charge in [-0.25, -0.2) is 4.39 Å². The topological polar surface area (TPSA) is 50.5 Å². The van der Waals surface area contributed by atoms with Gasteiger partial charge in [0, 0.05) is 16.4 Å². The highest BCUT2D eigenvalue weighted by Crippen LogP contribution is 2.43. The normalized spacial score (nSPS) is 16.9. The number of hydrogen-bond acceptors (Lipinski definition) is 4. The van der Waals surface area contributed by atoms with Gasteiger partial charge in [0.2, 0.25) is 0 Å². The van der Waals surface area contributed by atoms with E-state index in [0.29, 0.717) is 32.4 Å². The third-order valence-corrected chi connectivity index (χ3v) is 7.11. The van der Waals surface area contributed by atoms with Crippen LogP contribution < -0.4 is 15.0 Å². The van der Waals surface area contributed by atoms with Crippen molar-refractivity contribution in [1.82, 2.24) is 10.3 Å². The summed E-state index contributed by atoms with van der Waals surface area (Å²) >= 11 is 9.11. The van der Waals surface area contributed by atoms with Crippen molar-refractivity contribution in [1.29, 1.82) is 0 Å². The Labute approximate surface area is 233 Å². The molecule has 1 N–H and O–H groups in total. The molecule has 1 saturated heterocycles. The predicted octanol–water partition coefficient (Wildman–Crippen LogP) is 8.21. The van der Waals surface area contributed by atoms with Crippen LogP contribution in [0.4, 0.5) is 10.1 Å². The zero-order valence-corrected chi connectivity index (χ0v) is 22.3. The van der Waals surface area contributed by atoms with Gasteiger partial charge in [-0.3, -0.25) is 4.98 Å². The Bertz CT molecular complexity index is 1580. The van der Waals surface area contributed by atoms with Crippen LogP contribution in [0.5, 0.6) is 11.5 Å². The molecule has 188 valence electrons. The Balaban J connectivity index is 1.37. The third-order valence-electron chi connectivity index (χ3n) is 6.31. The van der Waals surface area contributed by atoms with E-state index in [2.05, 4.69) is 26.2 Å². The number of thiocarbonyl (C=S) groups is 1. The van der Waals surface area contributed by atoms with Crippen molar-refractivity contribution in [2.45, 2.75) is 12.1 Å². The Kier molecular flexibility index (Phi) is 6.66. The number of aromatic nitrogens is 1. The van der Waals surface area contributed by atoms with E-state index in [1.807, 2.05) is 83.8 Å². The summed E-state index contributed by atoms with van der Waals surface area (Å²) in [5.74, 6) is 2.17. The number of pyridine rings is 1. The van der Waals surface area contributed by atoms with Crippen LogP contribution in [0.25, 0.3) is 11.3 Å². The quantitative estimate of drug-likeness (QED) is 0.203. The van der Waals surface area contributed by atoms with Gasteiger partial charge >= 0.3 is 0 Å². The molecule has 3 aromatic carbocycles. The fourth-order valence-electron chi connectivity index (χ4n) is 4.57. The van der Waals surface area contributed by atoms with Gasteiger partial charge in [0.05, 0.1) is 17.3 Å². The summed E-state index contributed by atoms with van der Waals surface area (Å²) in [6.07, 6.45) is 1.75. The lowest BCUT2D eigenvalue weighted by atomic mass is 10.0. The average Bonchev–Trinajstić information content (AvgIpc) is 3.55. The van der Waals surface area contributed by atoms with Gasteiger partial charge in [-0.15, -0.1) is 0 Å². The average molecular weight is 586 g/mol. The molecule has 3 heterocycles. The van der Waals surface area contributed by atoms with Crippen molar-refractivity contribution in [3.8, 4) is 22.8 Å². The number of nitrogens with one attached hydrogen (secondary N) is 1. The highest BCUT2D eigenvalue weighted by atomic mass is 79.9. The molecule has 1 aliphatic rings. The molecule has 1 aliphatic heterocycles. The van der Waals surface area contributed by atoms with E-state index in [1.165, 1.54) is 6.07 Å². The van der Waals surface area contributed by atoms with E-state index in [0.717, 1.165) is 17.1 Å². The summed E-state index contributed by atoms with van der Waals surface area (Å²) < 4.78 is 27.6. The lowest BCUT2D eigenvalue weighted by molar-refractivity contribution is 0.438. The smallest absolute Gasteiger partial charge is 0.174 e. The number of rotatable bonds is 6. The number of benzene rings is 3. The van der Waals surface area contributed by atoms with Gasteiger partial charge in [-0.2, -0.15) is 0 Å². The first-order valence-electron chi connectivity index (χ1n) is 12.0. The molecule has 2 atom stereocenters. The molecule has 6 rings (SSSR count). The second-order valence-electron chi connectivity index (χ2n) is 8.73. The molecule has 0 bridgehead atoms. The second-order valence-corrected chi connectivity index (χ2v) is 10.0. The molecule has 0 aliphatic carbocycles. The van der Waals surface area contributed by atoms with Crippen LogP contribution in [-0.2, 0) is 0 Å². The fraction of sp³-hybridized carbons (Fsp3) is 0.0667. The highest BCUT2D eigenvalue weighted by Gasteiger charge is 2.42. The molecule has 2 aromatic heterocycles. The third kappa shape index (κ3) is 4.80. The molecule has 38 heavy (non-hydrogen) atoms. The van der Waals surface area contributed by atoms with Crippen molar-refractivity contribution in [3.63, 3.8) is 0 Å². The van der Waals surface area contributed by atoms with Crippen LogP contribution in [-0.4, -0.2) is 10.1 Å². The number of halogens is 2. The van der Waals surface area contributed by atoms with Crippen LogP contribution in [0.3, 0.4) is 0 Å². The van der Waals surface area contributed by atoms with Gasteiger partial charge < -0.3 is 19.4 Å². The summed E-state index contributed by atoms with van der Waals surface area (Å²) in [6, 6.07) is 31.0. The molecule has 0 spiro atoms. The summed E-state index contributed by atoms with van der Waals surface area (Å²) in [5.41, 5.74) is 2.06. The van der Waals surface area contributed by atoms with Crippen molar-refractivity contribution in [3.05, 3.63) is 131 Å². The van der Waals surface area contributed by atoms with E-state index in [9.17, 15) is 4.39 Å². The molecule has 0 radical (unpaired) electrons. The minimum Gasteiger partial charge on any atom is -0.459 e. The van der Waals surface area contributed by atoms with Crippen LogP contribution in [0.1, 0.15) is 23.5 Å². The highest BCUT2D eigenvalue weighted by molar-refractivity contribution is 9.10. The molecule has 1 fully saturated rings. The van der Waals surface area contributed by atoms with Crippen LogP contribution in [0.15, 0.2) is 118 Å². The van der Waals surface area contributed by atoms with E-state index in [4.69, 9.17) is 21.4 Å². The number of para-hydroxylation sites is 1. The maximum absolute atomic E-state index is 14.7. The Morgan fingerprint density at radius 3 is 2.39 bits per heavy atom. The second kappa shape index (κ2) is 10.4. The molecule has 5 nitrogen and oxygen atoms in total. The van der Waals surface area contributed by atoms with Gasteiger partial charge in [-0.05, 0) is 91.1 Å². The number of furan rings is 1. The molecule has 8 heteroatoms. The zero-order valence-electron chi connectivity index (χ0n) is 19.9. The van der Waals surface area contributed by atoms with Gasteiger partial charge in [-0.1, -0.05) is 40.2 Å². The summed E-state index contributed by atoms with van der Waals surface area (Å²) in [6.45, 7) is 0. The summed E-state index contributed by atoms with van der Waals surface area (Å²) in [7, 11) is 0. The Hall–Kier alpha value is -4.01. The molecule has 0 amide bonds. The summed E-state index contributed by atoms with van der Waals surface area (Å²) in [5, 5.41) is 3.95.